The molecule has 0 spiro atoms. The molecule has 0 bridgehead atoms. The number of carbonyl (C=O) groups is 2. The number of carbonyl (C=O) groups excluding carboxylic acids is 2. The van der Waals surface area contributed by atoms with Gasteiger partial charge in [-0.25, -0.2) is 9.18 Å². The lowest BCUT2D eigenvalue weighted by atomic mass is 10.2. The molecule has 0 saturated carbocycles. The summed E-state index contributed by atoms with van der Waals surface area (Å²) in [5.74, 6) is -0.810. The Balaban J connectivity index is 1.52. The first-order chi connectivity index (χ1) is 13.5. The summed E-state index contributed by atoms with van der Waals surface area (Å²) in [5, 5.41) is -0.0529. The van der Waals surface area contributed by atoms with E-state index in [1.807, 2.05) is 24.3 Å². The van der Waals surface area contributed by atoms with Gasteiger partial charge in [-0.2, -0.15) is 0 Å². The van der Waals surface area contributed by atoms with Gasteiger partial charge in [-0.05, 0) is 30.3 Å². The van der Waals surface area contributed by atoms with Gasteiger partial charge in [0.15, 0.2) is 6.61 Å². The molecule has 0 radical (unpaired) electrons. The van der Waals surface area contributed by atoms with Crippen molar-refractivity contribution in [2.24, 2.45) is 0 Å². The summed E-state index contributed by atoms with van der Waals surface area (Å²) in [6.45, 7) is 1.91. The molecule has 1 amide bonds. The minimum absolute atomic E-state index is 0.0249. The van der Waals surface area contributed by atoms with Crippen LogP contribution in [0.3, 0.4) is 0 Å². The van der Waals surface area contributed by atoms with Crippen molar-refractivity contribution in [1.82, 2.24) is 4.90 Å². The number of piperazine rings is 1. The van der Waals surface area contributed by atoms with Crippen LogP contribution in [-0.4, -0.2) is 56.7 Å². The Labute approximate surface area is 167 Å². The molecule has 6 nitrogen and oxygen atoms in total. The van der Waals surface area contributed by atoms with Crippen LogP contribution in [0.15, 0.2) is 42.5 Å². The van der Waals surface area contributed by atoms with Crippen molar-refractivity contribution >= 4 is 29.2 Å². The van der Waals surface area contributed by atoms with Crippen LogP contribution in [0.2, 0.25) is 5.02 Å². The van der Waals surface area contributed by atoms with Crippen LogP contribution in [0.5, 0.6) is 5.75 Å². The highest BCUT2D eigenvalue weighted by Crippen LogP contribution is 2.28. The van der Waals surface area contributed by atoms with Crippen molar-refractivity contribution in [3.63, 3.8) is 0 Å². The molecule has 0 aliphatic carbocycles. The van der Waals surface area contributed by atoms with Crippen molar-refractivity contribution in [1.29, 1.82) is 0 Å². The van der Waals surface area contributed by atoms with Crippen LogP contribution in [0.25, 0.3) is 0 Å². The zero-order chi connectivity index (χ0) is 20.1. The highest BCUT2D eigenvalue weighted by Gasteiger charge is 2.24. The topological polar surface area (TPSA) is 59.1 Å². The molecule has 1 fully saturated rings. The molecule has 0 N–H and O–H groups in total. The van der Waals surface area contributed by atoms with E-state index in [0.29, 0.717) is 26.2 Å². The predicted molar refractivity (Wildman–Crippen MR) is 103 cm³/mol. The maximum absolute atomic E-state index is 13.1. The molecule has 2 aromatic rings. The molecular formula is C20H20ClFN2O4. The standard InChI is InChI=1S/C20H20ClFN2O4/c1-27-18-5-3-2-4-17(18)23-8-10-24(11-9-23)19(25)13-28-20(26)15-7-6-14(22)12-16(15)21/h2-7,12H,8-11,13H2,1H3. The zero-order valence-corrected chi connectivity index (χ0v) is 16.1. The Morgan fingerprint density at radius 1 is 1.11 bits per heavy atom. The van der Waals surface area contributed by atoms with Crippen molar-refractivity contribution < 1.29 is 23.5 Å². The van der Waals surface area contributed by atoms with E-state index in [0.717, 1.165) is 23.6 Å². The number of hydrogen-bond acceptors (Lipinski definition) is 5. The number of rotatable bonds is 5. The number of para-hydroxylation sites is 2. The van der Waals surface area contributed by atoms with Gasteiger partial charge in [0.25, 0.3) is 5.91 Å². The fourth-order valence-electron chi connectivity index (χ4n) is 3.04. The third-order valence-corrected chi connectivity index (χ3v) is 4.85. The highest BCUT2D eigenvalue weighted by molar-refractivity contribution is 6.33. The van der Waals surface area contributed by atoms with Gasteiger partial charge in [-0.3, -0.25) is 4.79 Å². The largest absolute Gasteiger partial charge is 0.495 e. The van der Waals surface area contributed by atoms with E-state index < -0.39 is 11.8 Å². The number of benzene rings is 2. The van der Waals surface area contributed by atoms with E-state index in [4.69, 9.17) is 21.1 Å². The number of anilines is 1. The molecule has 2 aromatic carbocycles. The van der Waals surface area contributed by atoms with Crippen molar-refractivity contribution in [2.75, 3.05) is 44.8 Å². The predicted octanol–water partition coefficient (Wildman–Crippen LogP) is 2.99. The van der Waals surface area contributed by atoms with Crippen molar-refractivity contribution in [2.45, 2.75) is 0 Å². The number of ether oxygens (including phenoxy) is 2. The highest BCUT2D eigenvalue weighted by atomic mass is 35.5. The van der Waals surface area contributed by atoms with Gasteiger partial charge in [-0.1, -0.05) is 23.7 Å². The maximum Gasteiger partial charge on any atom is 0.340 e. The van der Waals surface area contributed by atoms with Crippen LogP contribution in [0.1, 0.15) is 10.4 Å². The van der Waals surface area contributed by atoms with E-state index in [-0.39, 0.29) is 23.1 Å². The fraction of sp³-hybridized carbons (Fsp3) is 0.300. The normalized spacial score (nSPS) is 14.0. The Morgan fingerprint density at radius 2 is 1.82 bits per heavy atom. The summed E-state index contributed by atoms with van der Waals surface area (Å²) >= 11 is 5.84. The molecule has 28 heavy (non-hydrogen) atoms. The molecule has 1 heterocycles. The van der Waals surface area contributed by atoms with Crippen LogP contribution >= 0.6 is 11.6 Å². The maximum atomic E-state index is 13.1. The van der Waals surface area contributed by atoms with Crippen molar-refractivity contribution in [3.8, 4) is 5.75 Å². The molecular weight excluding hydrogens is 387 g/mol. The fourth-order valence-corrected chi connectivity index (χ4v) is 3.28. The Hall–Kier alpha value is -2.80. The first kappa shape index (κ1) is 19.9. The average Bonchev–Trinajstić information content (AvgIpc) is 2.72. The average molecular weight is 407 g/mol. The summed E-state index contributed by atoms with van der Waals surface area (Å²) in [6, 6.07) is 11.1. The third kappa shape index (κ3) is 4.54. The Kier molecular flexibility index (Phi) is 6.36. The summed E-state index contributed by atoms with van der Waals surface area (Å²) in [4.78, 5) is 28.2. The monoisotopic (exact) mass is 406 g/mol. The SMILES string of the molecule is COc1ccccc1N1CCN(C(=O)COC(=O)c2ccc(F)cc2Cl)CC1. The van der Waals surface area contributed by atoms with E-state index >= 15 is 0 Å². The quantitative estimate of drug-likeness (QED) is 0.714. The Morgan fingerprint density at radius 3 is 2.50 bits per heavy atom. The number of amides is 1. The van der Waals surface area contributed by atoms with E-state index in [9.17, 15) is 14.0 Å². The van der Waals surface area contributed by atoms with Gasteiger partial charge in [-0.15, -0.1) is 0 Å². The van der Waals surface area contributed by atoms with E-state index in [2.05, 4.69) is 4.90 Å². The van der Waals surface area contributed by atoms with Crippen molar-refractivity contribution in [3.05, 3.63) is 58.9 Å². The number of hydrogen-bond donors (Lipinski definition) is 0. The zero-order valence-electron chi connectivity index (χ0n) is 15.4. The second kappa shape index (κ2) is 8.93. The van der Waals surface area contributed by atoms with Crippen LogP contribution in [0.4, 0.5) is 10.1 Å². The summed E-state index contributed by atoms with van der Waals surface area (Å²) in [7, 11) is 1.63. The van der Waals surface area contributed by atoms with Crippen LogP contribution in [-0.2, 0) is 9.53 Å². The third-order valence-electron chi connectivity index (χ3n) is 4.54. The van der Waals surface area contributed by atoms with Gasteiger partial charge >= 0.3 is 5.97 Å². The van der Waals surface area contributed by atoms with Gasteiger partial charge in [0, 0.05) is 26.2 Å². The molecule has 0 aromatic heterocycles. The number of halogens is 2. The lowest BCUT2D eigenvalue weighted by Gasteiger charge is -2.36. The van der Waals surface area contributed by atoms with Crippen LogP contribution < -0.4 is 9.64 Å². The molecule has 8 heteroatoms. The molecule has 0 unspecified atom stereocenters. The molecule has 3 rings (SSSR count). The summed E-state index contributed by atoms with van der Waals surface area (Å²) in [5.41, 5.74) is 1.01. The molecule has 0 atom stereocenters. The van der Waals surface area contributed by atoms with Gasteiger partial charge in [0.1, 0.15) is 11.6 Å². The lowest BCUT2D eigenvalue weighted by molar-refractivity contribution is -0.134. The molecule has 1 saturated heterocycles. The molecule has 1 aliphatic heterocycles. The summed E-state index contributed by atoms with van der Waals surface area (Å²) < 4.78 is 23.5. The minimum Gasteiger partial charge on any atom is -0.495 e. The smallest absolute Gasteiger partial charge is 0.340 e. The second-order valence-corrected chi connectivity index (χ2v) is 6.65. The van der Waals surface area contributed by atoms with E-state index in [1.54, 1.807) is 12.0 Å². The molecule has 148 valence electrons. The molecule has 1 aliphatic rings. The van der Waals surface area contributed by atoms with Gasteiger partial charge in [0.05, 0.1) is 23.4 Å². The van der Waals surface area contributed by atoms with Crippen LogP contribution in [0, 0.1) is 5.82 Å². The minimum atomic E-state index is -0.758. The van der Waals surface area contributed by atoms with Gasteiger partial charge < -0.3 is 19.3 Å². The number of nitrogens with zero attached hydrogens (tertiary/aromatic N) is 2. The Bertz CT molecular complexity index is 869. The van der Waals surface area contributed by atoms with Gasteiger partial charge in [0.2, 0.25) is 0 Å². The lowest BCUT2D eigenvalue weighted by Crippen LogP contribution is -2.50. The van der Waals surface area contributed by atoms with E-state index in [1.165, 1.54) is 6.07 Å². The number of esters is 1. The first-order valence-electron chi connectivity index (χ1n) is 8.77. The number of methoxy groups -OCH3 is 1. The second-order valence-electron chi connectivity index (χ2n) is 6.24. The summed E-state index contributed by atoms with van der Waals surface area (Å²) in [6.07, 6.45) is 0. The first-order valence-corrected chi connectivity index (χ1v) is 9.15.